The Balaban J connectivity index is 2.21. The van der Waals surface area contributed by atoms with Gasteiger partial charge < -0.3 is 9.47 Å². The molecule has 0 fully saturated rings. The maximum absolute atomic E-state index is 12.9. The number of hydrogen-bond acceptors (Lipinski definition) is 3. The number of hydrogen-bond donors (Lipinski definition) is 0. The van der Waals surface area contributed by atoms with Gasteiger partial charge in [-0.25, -0.2) is 0 Å². The number of ketones is 1. The molecule has 0 aromatic heterocycles. The minimum Gasteiger partial charge on any atom is -0.497 e. The van der Waals surface area contributed by atoms with E-state index in [0.29, 0.717) is 17.1 Å². The van der Waals surface area contributed by atoms with Gasteiger partial charge in [-0.05, 0) is 18.6 Å². The van der Waals surface area contributed by atoms with Crippen molar-refractivity contribution in [2.24, 2.45) is 11.3 Å². The third kappa shape index (κ3) is 2.99. The number of Topliss-reactive ketones (excluding diaryl/α,β-unsaturated/α-hetero) is 1. The Kier molecular flexibility index (Phi) is 3.91. The molecule has 0 N–H and O–H groups in total. The average Bonchev–Trinajstić information content (AvgIpc) is 2.40. The highest BCUT2D eigenvalue weighted by Gasteiger charge is 2.49. The minimum atomic E-state index is -4.35. The highest BCUT2D eigenvalue weighted by molar-refractivity contribution is 6.01. The lowest BCUT2D eigenvalue weighted by Gasteiger charge is -2.33. The molecule has 21 heavy (non-hydrogen) atoms. The summed E-state index contributed by atoms with van der Waals surface area (Å²) in [5.41, 5.74) is -1.62. The van der Waals surface area contributed by atoms with Crippen LogP contribution in [0.15, 0.2) is 18.2 Å². The zero-order valence-corrected chi connectivity index (χ0v) is 12.1. The molecule has 0 radical (unpaired) electrons. The van der Waals surface area contributed by atoms with Gasteiger partial charge in [-0.2, -0.15) is 13.2 Å². The van der Waals surface area contributed by atoms with E-state index in [-0.39, 0.29) is 18.8 Å². The molecule has 2 rings (SSSR count). The van der Waals surface area contributed by atoms with Gasteiger partial charge >= 0.3 is 6.18 Å². The summed E-state index contributed by atoms with van der Waals surface area (Å²) in [6.07, 6.45) is -4.64. The van der Waals surface area contributed by atoms with Gasteiger partial charge in [0.05, 0.1) is 30.6 Å². The lowest BCUT2D eigenvalue weighted by atomic mass is 9.78. The number of carbonyl (C=O) groups excluding carboxylic acids is 1. The van der Waals surface area contributed by atoms with Crippen molar-refractivity contribution in [3.63, 3.8) is 0 Å². The molecule has 0 aliphatic carbocycles. The van der Waals surface area contributed by atoms with Crippen molar-refractivity contribution < 1.29 is 27.4 Å². The minimum absolute atomic E-state index is 0.0431. The molecule has 0 amide bonds. The predicted molar refractivity (Wildman–Crippen MR) is 70.8 cm³/mol. The van der Waals surface area contributed by atoms with E-state index in [9.17, 15) is 18.0 Å². The highest BCUT2D eigenvalue weighted by Crippen LogP contribution is 2.44. The van der Waals surface area contributed by atoms with E-state index < -0.39 is 17.5 Å². The van der Waals surface area contributed by atoms with Crippen molar-refractivity contribution in [3.05, 3.63) is 23.8 Å². The first-order chi connectivity index (χ1) is 9.65. The topological polar surface area (TPSA) is 35.5 Å². The third-order valence-corrected chi connectivity index (χ3v) is 3.79. The SMILES string of the molecule is COc1ccc2c(c1)OCC(CC(C)(C)C(F)(F)F)C2=O. The molecule has 1 unspecified atom stereocenters. The lowest BCUT2D eigenvalue weighted by molar-refractivity contribution is -0.216. The van der Waals surface area contributed by atoms with Gasteiger partial charge in [-0.3, -0.25) is 4.79 Å². The first kappa shape index (κ1) is 15.7. The number of methoxy groups -OCH3 is 1. The van der Waals surface area contributed by atoms with Crippen LogP contribution in [0, 0.1) is 11.3 Å². The summed E-state index contributed by atoms with van der Waals surface area (Å²) in [5, 5.41) is 0. The largest absolute Gasteiger partial charge is 0.497 e. The Morgan fingerprint density at radius 1 is 1.33 bits per heavy atom. The molecule has 0 bridgehead atoms. The molecular weight excluding hydrogens is 285 g/mol. The fourth-order valence-corrected chi connectivity index (χ4v) is 2.32. The standard InChI is InChI=1S/C15H17F3O3/c1-14(2,15(16,17)18)7-9-8-21-12-6-10(20-3)4-5-11(12)13(9)19/h4-6,9H,7-8H2,1-3H3. The number of halogens is 3. The van der Waals surface area contributed by atoms with Crippen molar-refractivity contribution in [1.29, 1.82) is 0 Å². The Hall–Kier alpha value is -1.72. The molecule has 1 aliphatic rings. The van der Waals surface area contributed by atoms with E-state index in [1.807, 2.05) is 0 Å². The number of rotatable bonds is 3. The quantitative estimate of drug-likeness (QED) is 0.850. The Bertz CT molecular complexity index is 550. The van der Waals surface area contributed by atoms with Gasteiger partial charge in [0, 0.05) is 6.07 Å². The van der Waals surface area contributed by atoms with Crippen LogP contribution in [-0.4, -0.2) is 25.7 Å². The number of fused-ring (bicyclic) bond motifs is 1. The maximum atomic E-state index is 12.9. The fraction of sp³-hybridized carbons (Fsp3) is 0.533. The summed E-state index contributed by atoms with van der Waals surface area (Å²) in [6.45, 7) is 2.16. The van der Waals surface area contributed by atoms with Crippen LogP contribution in [0.4, 0.5) is 13.2 Å². The second-order valence-corrected chi connectivity index (χ2v) is 5.82. The summed E-state index contributed by atoms with van der Waals surface area (Å²) in [6, 6.07) is 4.69. The van der Waals surface area contributed by atoms with Crippen molar-refractivity contribution in [2.75, 3.05) is 13.7 Å². The van der Waals surface area contributed by atoms with Crippen LogP contribution in [0.25, 0.3) is 0 Å². The number of benzene rings is 1. The van der Waals surface area contributed by atoms with Gasteiger partial charge in [0.15, 0.2) is 5.78 Å². The maximum Gasteiger partial charge on any atom is 0.394 e. The van der Waals surface area contributed by atoms with Gasteiger partial charge in [-0.15, -0.1) is 0 Å². The number of alkyl halides is 3. The Morgan fingerprint density at radius 2 is 2.00 bits per heavy atom. The summed E-state index contributed by atoms with van der Waals surface area (Å²) in [4.78, 5) is 12.3. The third-order valence-electron chi connectivity index (χ3n) is 3.79. The normalized spacial score (nSPS) is 19.0. The molecule has 1 aromatic rings. The van der Waals surface area contributed by atoms with Crippen LogP contribution in [0.3, 0.4) is 0 Å². The average molecular weight is 302 g/mol. The summed E-state index contributed by atoms with van der Waals surface area (Å²) >= 11 is 0. The molecule has 3 nitrogen and oxygen atoms in total. The predicted octanol–water partition coefficient (Wildman–Crippen LogP) is 3.87. The van der Waals surface area contributed by atoms with Crippen molar-refractivity contribution >= 4 is 5.78 Å². The van der Waals surface area contributed by atoms with Crippen LogP contribution in [0.5, 0.6) is 11.5 Å². The molecule has 116 valence electrons. The van der Waals surface area contributed by atoms with E-state index in [1.54, 1.807) is 12.1 Å². The summed E-state index contributed by atoms with van der Waals surface area (Å²) < 4.78 is 49.3. The van der Waals surface area contributed by atoms with Crippen LogP contribution in [-0.2, 0) is 0 Å². The molecule has 0 saturated heterocycles. The molecular formula is C15H17F3O3. The van der Waals surface area contributed by atoms with Crippen LogP contribution in [0.2, 0.25) is 0 Å². The first-order valence-electron chi connectivity index (χ1n) is 6.57. The second kappa shape index (κ2) is 5.24. The molecule has 0 spiro atoms. The zero-order chi connectivity index (χ0) is 15.8. The van der Waals surface area contributed by atoms with Gasteiger partial charge in [0.25, 0.3) is 0 Å². The van der Waals surface area contributed by atoms with Gasteiger partial charge in [0.2, 0.25) is 0 Å². The molecule has 1 aromatic carbocycles. The van der Waals surface area contributed by atoms with E-state index in [2.05, 4.69) is 0 Å². The van der Waals surface area contributed by atoms with Gasteiger partial charge in [-0.1, -0.05) is 13.8 Å². The zero-order valence-electron chi connectivity index (χ0n) is 12.1. The highest BCUT2D eigenvalue weighted by atomic mass is 19.4. The molecule has 1 heterocycles. The van der Waals surface area contributed by atoms with E-state index in [1.165, 1.54) is 13.2 Å². The van der Waals surface area contributed by atoms with Crippen LogP contribution < -0.4 is 9.47 Å². The smallest absolute Gasteiger partial charge is 0.394 e. The van der Waals surface area contributed by atoms with Crippen molar-refractivity contribution in [2.45, 2.75) is 26.4 Å². The summed E-state index contributed by atoms with van der Waals surface area (Å²) in [5.74, 6) is -0.199. The van der Waals surface area contributed by atoms with E-state index in [0.717, 1.165) is 13.8 Å². The Morgan fingerprint density at radius 3 is 2.57 bits per heavy atom. The van der Waals surface area contributed by atoms with Crippen molar-refractivity contribution in [3.8, 4) is 11.5 Å². The van der Waals surface area contributed by atoms with Crippen LogP contribution in [0.1, 0.15) is 30.6 Å². The summed E-state index contributed by atoms with van der Waals surface area (Å²) in [7, 11) is 1.49. The molecule has 0 saturated carbocycles. The molecule has 1 aliphatic heterocycles. The van der Waals surface area contributed by atoms with Gasteiger partial charge in [0.1, 0.15) is 11.5 Å². The monoisotopic (exact) mass is 302 g/mol. The number of ether oxygens (including phenoxy) is 2. The van der Waals surface area contributed by atoms with Crippen LogP contribution >= 0.6 is 0 Å². The first-order valence-corrected chi connectivity index (χ1v) is 6.57. The van der Waals surface area contributed by atoms with Crippen molar-refractivity contribution in [1.82, 2.24) is 0 Å². The van der Waals surface area contributed by atoms with E-state index >= 15 is 0 Å². The fourth-order valence-electron chi connectivity index (χ4n) is 2.32. The Labute approximate surface area is 121 Å². The molecule has 1 atom stereocenters. The van der Waals surface area contributed by atoms with E-state index in [4.69, 9.17) is 9.47 Å². The molecule has 6 heteroatoms. The second-order valence-electron chi connectivity index (χ2n) is 5.82. The lowest BCUT2D eigenvalue weighted by Crippen LogP contribution is -2.39. The number of carbonyl (C=O) groups is 1.